The van der Waals surface area contributed by atoms with Crippen LogP contribution in [-0.2, 0) is 22.7 Å². The molecule has 2 atom stereocenters. The van der Waals surface area contributed by atoms with E-state index in [-0.39, 0.29) is 40.9 Å². The predicted octanol–water partition coefficient (Wildman–Crippen LogP) is 4.42. The van der Waals surface area contributed by atoms with Gasteiger partial charge in [-0.15, -0.1) is 0 Å². The van der Waals surface area contributed by atoms with Gasteiger partial charge in [-0.25, -0.2) is 8.78 Å². The molecule has 1 N–H and O–H groups in total. The van der Waals surface area contributed by atoms with E-state index in [1.807, 2.05) is 24.3 Å². The van der Waals surface area contributed by atoms with Crippen LogP contribution in [0, 0.1) is 11.6 Å². The summed E-state index contributed by atoms with van der Waals surface area (Å²) < 4.78 is 27.4. The van der Waals surface area contributed by atoms with Crippen molar-refractivity contribution in [2.24, 2.45) is 0 Å². The van der Waals surface area contributed by atoms with Crippen molar-refractivity contribution in [1.29, 1.82) is 0 Å². The minimum atomic E-state index is -0.362. The zero-order chi connectivity index (χ0) is 27.8. The number of halogens is 2. The Hall–Kier alpha value is -3.11. The predicted molar refractivity (Wildman–Crippen MR) is 151 cm³/mol. The second kappa shape index (κ2) is 11.4. The molecule has 0 bridgehead atoms. The van der Waals surface area contributed by atoms with Crippen molar-refractivity contribution < 1.29 is 18.4 Å². The van der Waals surface area contributed by atoms with Crippen LogP contribution in [0.15, 0.2) is 66.7 Å². The van der Waals surface area contributed by atoms with Crippen LogP contribution < -0.4 is 5.32 Å². The normalized spacial score (nSPS) is 22.5. The van der Waals surface area contributed by atoms with Gasteiger partial charge in [-0.3, -0.25) is 29.6 Å². The van der Waals surface area contributed by atoms with Crippen LogP contribution in [0.3, 0.4) is 0 Å². The molecule has 40 heavy (non-hydrogen) atoms. The fourth-order valence-corrected chi connectivity index (χ4v) is 6.77. The zero-order valence-electron chi connectivity index (χ0n) is 22.1. The van der Waals surface area contributed by atoms with Crippen LogP contribution in [0.4, 0.5) is 8.78 Å². The van der Waals surface area contributed by atoms with Gasteiger partial charge >= 0.3 is 0 Å². The Morgan fingerprint density at radius 3 is 2.10 bits per heavy atom. The topological polar surface area (TPSA) is 55.9 Å². The molecule has 2 fully saturated rings. The van der Waals surface area contributed by atoms with E-state index < -0.39 is 0 Å². The van der Waals surface area contributed by atoms with Gasteiger partial charge in [0, 0.05) is 45.7 Å². The van der Waals surface area contributed by atoms with Gasteiger partial charge in [0.15, 0.2) is 0 Å². The number of fused-ring (bicyclic) bond motifs is 1. The fraction of sp³-hybridized carbons (Fsp3) is 0.355. The molecule has 9 heteroatoms. The first-order valence-electron chi connectivity index (χ1n) is 13.7. The molecule has 208 valence electrons. The molecule has 3 aliphatic rings. The third-order valence-electron chi connectivity index (χ3n) is 8.39. The first kappa shape index (κ1) is 27.1. The van der Waals surface area contributed by atoms with Crippen molar-refractivity contribution >= 4 is 24.4 Å². The van der Waals surface area contributed by atoms with Crippen LogP contribution in [0.25, 0.3) is 0 Å². The number of amides is 2. The number of benzene rings is 3. The largest absolute Gasteiger partial charge is 0.297 e. The molecule has 3 aliphatic heterocycles. The first-order chi connectivity index (χ1) is 19.4. The van der Waals surface area contributed by atoms with E-state index >= 15 is 0 Å². The number of piperazine rings is 1. The van der Waals surface area contributed by atoms with Crippen molar-refractivity contribution in [1.82, 2.24) is 20.0 Å². The van der Waals surface area contributed by atoms with Gasteiger partial charge in [-0.2, -0.15) is 12.6 Å². The van der Waals surface area contributed by atoms with Gasteiger partial charge in [0.1, 0.15) is 11.6 Å². The number of rotatable bonds is 6. The van der Waals surface area contributed by atoms with Crippen LogP contribution in [-0.4, -0.2) is 58.7 Å². The number of carbonyl (C=O) groups is 2. The van der Waals surface area contributed by atoms with E-state index in [2.05, 4.69) is 38.2 Å². The summed E-state index contributed by atoms with van der Waals surface area (Å²) in [5, 5.41) is 2.28. The average molecular weight is 563 g/mol. The quantitative estimate of drug-likeness (QED) is 0.344. The molecule has 3 heterocycles. The summed E-state index contributed by atoms with van der Waals surface area (Å²) in [4.78, 5) is 31.1. The molecule has 0 aliphatic carbocycles. The molecule has 0 radical (unpaired) electrons. The summed E-state index contributed by atoms with van der Waals surface area (Å²) in [6.45, 7) is 4.74. The lowest BCUT2D eigenvalue weighted by Gasteiger charge is -2.40. The van der Waals surface area contributed by atoms with Crippen LogP contribution in [0.5, 0.6) is 0 Å². The number of carbonyl (C=O) groups excluding carboxylic acids is 2. The molecule has 0 saturated carbocycles. The summed E-state index contributed by atoms with van der Waals surface area (Å²) in [5.74, 6) is -1.00. The second-order valence-corrected chi connectivity index (χ2v) is 11.3. The highest BCUT2D eigenvalue weighted by molar-refractivity contribution is 7.80. The number of hydrogen-bond donors (Lipinski definition) is 2. The Labute approximate surface area is 238 Å². The monoisotopic (exact) mass is 562 g/mol. The Balaban J connectivity index is 1.15. The maximum atomic E-state index is 13.7. The summed E-state index contributed by atoms with van der Waals surface area (Å²) in [6.07, 6.45) is 0.855. The molecule has 3 aromatic rings. The number of piperidine rings is 1. The molecule has 2 saturated heterocycles. The van der Waals surface area contributed by atoms with Crippen molar-refractivity contribution in [3.05, 3.63) is 106 Å². The van der Waals surface area contributed by atoms with E-state index in [1.165, 1.54) is 35.4 Å². The van der Waals surface area contributed by atoms with Gasteiger partial charge in [0.25, 0.3) is 0 Å². The van der Waals surface area contributed by atoms with Gasteiger partial charge in [0.05, 0.1) is 17.5 Å². The third-order valence-corrected chi connectivity index (χ3v) is 8.96. The molecule has 3 aromatic carbocycles. The molecule has 2 unspecified atom stereocenters. The molecule has 6 rings (SSSR count). The number of nitrogens with one attached hydrogen (secondary N) is 1. The molecule has 6 nitrogen and oxygen atoms in total. The number of thiol groups is 1. The van der Waals surface area contributed by atoms with E-state index in [0.29, 0.717) is 19.4 Å². The maximum Gasteiger partial charge on any atom is 0.243 e. The second-order valence-electron chi connectivity index (χ2n) is 10.8. The van der Waals surface area contributed by atoms with Gasteiger partial charge < -0.3 is 0 Å². The molecule has 0 aromatic heterocycles. The smallest absolute Gasteiger partial charge is 0.243 e. The number of nitrogens with zero attached hydrogens (tertiary/aromatic N) is 3. The van der Waals surface area contributed by atoms with Crippen molar-refractivity contribution in [2.45, 2.75) is 43.4 Å². The standard InChI is InChI=1S/C31H32F2N4O2S/c32-23-8-4-20(5-9-23)29(21-6-10-24(33)11-7-21)36-16-14-35(15-17-36)18-22-2-1-3-25-26(22)19-37(31(25)40)27-12-13-28(38)34-30(27)39/h1-11,27,29,31,40H,12-19H2,(H,34,38,39). The van der Waals surface area contributed by atoms with Gasteiger partial charge in [0.2, 0.25) is 11.8 Å². The summed E-state index contributed by atoms with van der Waals surface area (Å²) in [5.41, 5.74) is 5.53. The fourth-order valence-electron chi connectivity index (χ4n) is 6.29. The minimum absolute atomic E-state index is 0.0867. The highest BCUT2D eigenvalue weighted by atomic mass is 32.1. The molecular weight excluding hydrogens is 530 g/mol. The Bertz CT molecular complexity index is 1350. The number of imide groups is 1. The average Bonchev–Trinajstić information content (AvgIpc) is 3.29. The Morgan fingerprint density at radius 2 is 1.50 bits per heavy atom. The SMILES string of the molecule is O=C1CCC(N2Cc3c(CN4CCN(C(c5ccc(F)cc5)c5ccc(F)cc5)CC4)cccc3C2S)C(=O)N1. The zero-order valence-corrected chi connectivity index (χ0v) is 23.0. The molecule has 2 amide bonds. The van der Waals surface area contributed by atoms with Crippen LogP contribution >= 0.6 is 12.6 Å². The highest BCUT2D eigenvalue weighted by Gasteiger charge is 2.40. The lowest BCUT2D eigenvalue weighted by atomic mass is 9.96. The lowest BCUT2D eigenvalue weighted by molar-refractivity contribution is -0.137. The number of hydrogen-bond acceptors (Lipinski definition) is 6. The van der Waals surface area contributed by atoms with Crippen LogP contribution in [0.1, 0.15) is 52.1 Å². The van der Waals surface area contributed by atoms with Crippen molar-refractivity contribution in [2.75, 3.05) is 26.2 Å². The van der Waals surface area contributed by atoms with E-state index in [0.717, 1.165) is 49.4 Å². The summed E-state index contributed by atoms with van der Waals surface area (Å²) >= 11 is 4.86. The third kappa shape index (κ3) is 5.43. The van der Waals surface area contributed by atoms with Gasteiger partial charge in [-0.05, 0) is 58.5 Å². The summed E-state index contributed by atoms with van der Waals surface area (Å²) in [6, 6.07) is 19.0. The maximum absolute atomic E-state index is 13.7. The lowest BCUT2D eigenvalue weighted by Crippen LogP contribution is -2.51. The van der Waals surface area contributed by atoms with Crippen molar-refractivity contribution in [3.63, 3.8) is 0 Å². The molecular formula is C31H32F2N4O2S. The van der Waals surface area contributed by atoms with Gasteiger partial charge in [-0.1, -0.05) is 42.5 Å². The Morgan fingerprint density at radius 1 is 0.875 bits per heavy atom. The minimum Gasteiger partial charge on any atom is -0.297 e. The van der Waals surface area contributed by atoms with E-state index in [4.69, 9.17) is 12.6 Å². The van der Waals surface area contributed by atoms with Crippen molar-refractivity contribution in [3.8, 4) is 0 Å². The van der Waals surface area contributed by atoms with E-state index in [9.17, 15) is 18.4 Å². The highest BCUT2D eigenvalue weighted by Crippen LogP contribution is 2.41. The first-order valence-corrected chi connectivity index (χ1v) is 14.2. The summed E-state index contributed by atoms with van der Waals surface area (Å²) in [7, 11) is 0. The van der Waals surface area contributed by atoms with Crippen LogP contribution in [0.2, 0.25) is 0 Å². The molecule has 0 spiro atoms. The van der Waals surface area contributed by atoms with E-state index in [1.54, 1.807) is 0 Å². The Kier molecular flexibility index (Phi) is 7.72.